The van der Waals surface area contributed by atoms with Crippen LogP contribution in [0.1, 0.15) is 32.6 Å². The molecule has 14 heavy (non-hydrogen) atoms. The molecule has 0 bridgehead atoms. The molecule has 1 heterocycles. The van der Waals surface area contributed by atoms with E-state index < -0.39 is 0 Å². The summed E-state index contributed by atoms with van der Waals surface area (Å²) in [6.45, 7) is 2.25. The Balaban J connectivity index is 2.00. The zero-order valence-corrected chi connectivity index (χ0v) is 8.47. The second-order valence-corrected chi connectivity index (χ2v) is 4.52. The number of amides is 2. The summed E-state index contributed by atoms with van der Waals surface area (Å²) in [5.74, 6) is 1.55. The Kier molecular flexibility index (Phi) is 2.44. The zero-order chi connectivity index (χ0) is 10.1. The molecule has 78 valence electrons. The first-order valence-electron chi connectivity index (χ1n) is 5.33. The number of amidine groups is 1. The Morgan fingerprint density at radius 2 is 2.21 bits per heavy atom. The predicted molar refractivity (Wildman–Crippen MR) is 54.3 cm³/mol. The van der Waals surface area contributed by atoms with Gasteiger partial charge >= 0.3 is 6.03 Å². The summed E-state index contributed by atoms with van der Waals surface area (Å²) in [7, 11) is 0. The Morgan fingerprint density at radius 1 is 1.43 bits per heavy atom. The Hall–Kier alpha value is -1.06. The fourth-order valence-corrected chi connectivity index (χ4v) is 2.59. The SMILES string of the molecule is CC1CCCC(C2NC(=O)NC2=N)C1. The van der Waals surface area contributed by atoms with Crippen molar-refractivity contribution in [3.05, 3.63) is 0 Å². The number of hydrogen-bond donors (Lipinski definition) is 3. The summed E-state index contributed by atoms with van der Waals surface area (Å²) in [6, 6.07) is -0.261. The third-order valence-corrected chi connectivity index (χ3v) is 3.29. The molecule has 3 N–H and O–H groups in total. The average Bonchev–Trinajstić information content (AvgIpc) is 2.45. The monoisotopic (exact) mass is 195 g/mol. The van der Waals surface area contributed by atoms with Crippen molar-refractivity contribution in [1.29, 1.82) is 5.41 Å². The van der Waals surface area contributed by atoms with Crippen LogP contribution in [-0.4, -0.2) is 17.9 Å². The van der Waals surface area contributed by atoms with Crippen molar-refractivity contribution in [3.8, 4) is 0 Å². The van der Waals surface area contributed by atoms with Crippen molar-refractivity contribution in [1.82, 2.24) is 10.6 Å². The standard InChI is InChI=1S/C10H17N3O/c1-6-3-2-4-7(5-6)8-9(11)13-10(14)12-8/h6-8H,2-5H2,1H3,(H3,11,12,13,14). The maximum atomic E-state index is 11.0. The van der Waals surface area contributed by atoms with Crippen molar-refractivity contribution in [2.75, 3.05) is 0 Å². The summed E-state index contributed by atoms with van der Waals surface area (Å²) in [5, 5.41) is 13.0. The van der Waals surface area contributed by atoms with Crippen LogP contribution < -0.4 is 10.6 Å². The molecule has 1 aliphatic heterocycles. The van der Waals surface area contributed by atoms with E-state index in [9.17, 15) is 4.79 Å². The molecule has 0 aromatic carbocycles. The van der Waals surface area contributed by atoms with Gasteiger partial charge in [-0.3, -0.25) is 10.7 Å². The minimum Gasteiger partial charge on any atom is -0.328 e. The Labute approximate surface area is 84.0 Å². The molecule has 3 unspecified atom stereocenters. The molecule has 4 nitrogen and oxygen atoms in total. The van der Waals surface area contributed by atoms with Crippen molar-refractivity contribution in [3.63, 3.8) is 0 Å². The summed E-state index contributed by atoms with van der Waals surface area (Å²) >= 11 is 0. The molecule has 1 saturated heterocycles. The number of urea groups is 1. The smallest absolute Gasteiger partial charge is 0.320 e. The van der Waals surface area contributed by atoms with Gasteiger partial charge < -0.3 is 5.32 Å². The van der Waals surface area contributed by atoms with E-state index in [0.717, 1.165) is 18.8 Å². The minimum absolute atomic E-state index is 0.0507. The van der Waals surface area contributed by atoms with Crippen LogP contribution in [0, 0.1) is 17.2 Å². The molecule has 2 rings (SSSR count). The van der Waals surface area contributed by atoms with E-state index in [2.05, 4.69) is 17.6 Å². The highest BCUT2D eigenvalue weighted by Gasteiger charge is 2.35. The van der Waals surface area contributed by atoms with Crippen LogP contribution in [0.3, 0.4) is 0 Å². The number of carbonyl (C=O) groups excluding carboxylic acids is 1. The fraction of sp³-hybridized carbons (Fsp3) is 0.800. The molecule has 2 aliphatic rings. The van der Waals surface area contributed by atoms with Gasteiger partial charge in [-0.15, -0.1) is 0 Å². The molecule has 2 amide bonds. The van der Waals surface area contributed by atoms with Gasteiger partial charge in [-0.2, -0.15) is 0 Å². The molecule has 1 aliphatic carbocycles. The highest BCUT2D eigenvalue weighted by atomic mass is 16.2. The topological polar surface area (TPSA) is 65.0 Å². The Morgan fingerprint density at radius 3 is 2.79 bits per heavy atom. The van der Waals surface area contributed by atoms with Gasteiger partial charge in [0.05, 0.1) is 6.04 Å². The molecule has 1 saturated carbocycles. The average molecular weight is 195 g/mol. The summed E-state index contributed by atoms with van der Waals surface area (Å²) < 4.78 is 0. The lowest BCUT2D eigenvalue weighted by Gasteiger charge is -2.30. The van der Waals surface area contributed by atoms with Crippen LogP contribution in [0.15, 0.2) is 0 Å². The van der Waals surface area contributed by atoms with E-state index in [1.807, 2.05) is 0 Å². The van der Waals surface area contributed by atoms with Gasteiger partial charge in [-0.1, -0.05) is 19.8 Å². The molecule has 3 atom stereocenters. The van der Waals surface area contributed by atoms with E-state index in [1.54, 1.807) is 0 Å². The van der Waals surface area contributed by atoms with Gasteiger partial charge in [-0.25, -0.2) is 4.79 Å². The fourth-order valence-electron chi connectivity index (χ4n) is 2.59. The van der Waals surface area contributed by atoms with Crippen LogP contribution in [0.5, 0.6) is 0 Å². The maximum Gasteiger partial charge on any atom is 0.320 e. The number of rotatable bonds is 1. The van der Waals surface area contributed by atoms with Crippen LogP contribution in [0.4, 0.5) is 4.79 Å². The number of nitrogens with one attached hydrogen (secondary N) is 3. The molecule has 4 heteroatoms. The lowest BCUT2D eigenvalue weighted by molar-refractivity contribution is 0.235. The van der Waals surface area contributed by atoms with Crippen molar-refractivity contribution >= 4 is 11.9 Å². The highest BCUT2D eigenvalue weighted by molar-refractivity contribution is 6.05. The summed E-state index contributed by atoms with van der Waals surface area (Å²) in [4.78, 5) is 11.0. The predicted octanol–water partition coefficient (Wildman–Crippen LogP) is 1.47. The summed E-state index contributed by atoms with van der Waals surface area (Å²) in [5.41, 5.74) is 0. The molecule has 0 radical (unpaired) electrons. The van der Waals surface area contributed by atoms with Crippen LogP contribution in [0.25, 0.3) is 0 Å². The van der Waals surface area contributed by atoms with Gasteiger partial charge in [0, 0.05) is 0 Å². The van der Waals surface area contributed by atoms with Gasteiger partial charge in [0.15, 0.2) is 0 Å². The second-order valence-electron chi connectivity index (χ2n) is 4.52. The molecule has 0 spiro atoms. The Bertz CT molecular complexity index is 264. The highest BCUT2D eigenvalue weighted by Crippen LogP contribution is 2.31. The number of hydrogen-bond acceptors (Lipinski definition) is 2. The third kappa shape index (κ3) is 1.74. The minimum atomic E-state index is -0.210. The van der Waals surface area contributed by atoms with Crippen LogP contribution in [-0.2, 0) is 0 Å². The maximum absolute atomic E-state index is 11.0. The van der Waals surface area contributed by atoms with Crippen molar-refractivity contribution < 1.29 is 4.79 Å². The first-order valence-corrected chi connectivity index (χ1v) is 5.33. The van der Waals surface area contributed by atoms with Gasteiger partial charge in [0.25, 0.3) is 0 Å². The van der Waals surface area contributed by atoms with E-state index in [0.29, 0.717) is 11.8 Å². The number of carbonyl (C=O) groups is 1. The van der Waals surface area contributed by atoms with Crippen molar-refractivity contribution in [2.24, 2.45) is 11.8 Å². The largest absolute Gasteiger partial charge is 0.328 e. The second kappa shape index (κ2) is 3.59. The molecule has 0 aromatic rings. The summed E-state index contributed by atoms with van der Waals surface area (Å²) in [6.07, 6.45) is 4.79. The lowest BCUT2D eigenvalue weighted by Crippen LogP contribution is -2.38. The van der Waals surface area contributed by atoms with Crippen LogP contribution >= 0.6 is 0 Å². The first-order chi connectivity index (χ1) is 6.66. The van der Waals surface area contributed by atoms with Crippen LogP contribution in [0.2, 0.25) is 0 Å². The van der Waals surface area contributed by atoms with E-state index in [-0.39, 0.29) is 12.1 Å². The van der Waals surface area contributed by atoms with Crippen molar-refractivity contribution in [2.45, 2.75) is 38.6 Å². The zero-order valence-electron chi connectivity index (χ0n) is 8.47. The third-order valence-electron chi connectivity index (χ3n) is 3.29. The normalized spacial score (nSPS) is 37.9. The lowest BCUT2D eigenvalue weighted by atomic mass is 9.78. The van der Waals surface area contributed by atoms with Gasteiger partial charge in [-0.05, 0) is 24.7 Å². The molecular formula is C10H17N3O. The van der Waals surface area contributed by atoms with Gasteiger partial charge in [0.2, 0.25) is 0 Å². The van der Waals surface area contributed by atoms with Gasteiger partial charge in [0.1, 0.15) is 5.84 Å². The molecule has 0 aromatic heterocycles. The first kappa shape index (κ1) is 9.49. The molecule has 2 fully saturated rings. The quantitative estimate of drug-likeness (QED) is 0.583. The molecular weight excluding hydrogens is 178 g/mol. The van der Waals surface area contributed by atoms with E-state index >= 15 is 0 Å². The van der Waals surface area contributed by atoms with E-state index in [1.165, 1.54) is 12.8 Å². The van der Waals surface area contributed by atoms with E-state index in [4.69, 9.17) is 5.41 Å².